The first-order valence-corrected chi connectivity index (χ1v) is 12.0. The summed E-state index contributed by atoms with van der Waals surface area (Å²) in [4.78, 5) is 0. The maximum Gasteiger partial charge on any atom is 0.204 e. The zero-order valence-electron chi connectivity index (χ0n) is 19.2. The van der Waals surface area contributed by atoms with Crippen molar-refractivity contribution in [3.8, 4) is 11.5 Å². The average molecular weight is 441 g/mol. The van der Waals surface area contributed by atoms with Crippen molar-refractivity contribution in [2.24, 2.45) is 17.8 Å². The van der Waals surface area contributed by atoms with Crippen LogP contribution in [0.25, 0.3) is 0 Å². The second kappa shape index (κ2) is 10.5. The van der Waals surface area contributed by atoms with Gasteiger partial charge in [0.1, 0.15) is 6.61 Å². The molecule has 0 N–H and O–H groups in total. The minimum atomic E-state index is -1.01. The van der Waals surface area contributed by atoms with E-state index in [-0.39, 0.29) is 24.7 Å². The highest BCUT2D eigenvalue weighted by atomic mass is 19.2. The fourth-order valence-electron chi connectivity index (χ4n) is 5.61. The molecule has 0 bridgehead atoms. The Morgan fingerprint density at radius 2 is 1.50 bits per heavy atom. The molecule has 0 amide bonds. The summed E-state index contributed by atoms with van der Waals surface area (Å²) in [5, 5.41) is 0. The summed E-state index contributed by atoms with van der Waals surface area (Å²) in [6.45, 7) is 4.34. The molecule has 0 saturated heterocycles. The van der Waals surface area contributed by atoms with Gasteiger partial charge in [0, 0.05) is 0 Å². The maximum absolute atomic E-state index is 14.2. The highest BCUT2D eigenvalue weighted by molar-refractivity contribution is 5.35. The van der Waals surface area contributed by atoms with Gasteiger partial charge in [0.15, 0.2) is 11.5 Å². The molecule has 4 atom stereocenters. The molecule has 172 valence electrons. The van der Waals surface area contributed by atoms with Crippen molar-refractivity contribution >= 4 is 0 Å². The van der Waals surface area contributed by atoms with Crippen LogP contribution in [0, 0.1) is 29.4 Å². The SMILES string of the molecule is CC=CC1CCC2CC(c3ccc(COc4ccc(OCC)c(F)c4F)cc3)CCC2C1. The van der Waals surface area contributed by atoms with Crippen molar-refractivity contribution in [1.82, 2.24) is 0 Å². The van der Waals surface area contributed by atoms with Gasteiger partial charge in [0.2, 0.25) is 11.6 Å². The Kier molecular flexibility index (Phi) is 7.49. The van der Waals surface area contributed by atoms with Crippen LogP contribution in [0.5, 0.6) is 11.5 Å². The second-order valence-electron chi connectivity index (χ2n) is 9.28. The van der Waals surface area contributed by atoms with E-state index in [0.29, 0.717) is 5.92 Å². The number of halogens is 2. The van der Waals surface area contributed by atoms with E-state index >= 15 is 0 Å². The van der Waals surface area contributed by atoms with Gasteiger partial charge in [-0.05, 0) is 99.3 Å². The molecule has 0 heterocycles. The van der Waals surface area contributed by atoms with E-state index in [1.54, 1.807) is 6.92 Å². The third-order valence-corrected chi connectivity index (χ3v) is 7.27. The standard InChI is InChI=1S/C28H34F2O2/c1-3-5-19-6-11-24-17-23(13-12-22(24)16-19)21-9-7-20(8-10-21)18-32-26-15-14-25(31-4-2)27(29)28(26)30/h3,5,7-10,14-15,19,22-24H,4,6,11-13,16-18H2,1-2H3. The Bertz CT molecular complexity index is 922. The van der Waals surface area contributed by atoms with Crippen molar-refractivity contribution in [2.45, 2.75) is 64.9 Å². The Morgan fingerprint density at radius 1 is 0.844 bits per heavy atom. The van der Waals surface area contributed by atoms with Crippen LogP contribution in [-0.2, 0) is 6.61 Å². The summed E-state index contributed by atoms with van der Waals surface area (Å²) >= 11 is 0. The van der Waals surface area contributed by atoms with Crippen molar-refractivity contribution in [3.63, 3.8) is 0 Å². The predicted molar refractivity (Wildman–Crippen MR) is 124 cm³/mol. The lowest BCUT2D eigenvalue weighted by Gasteiger charge is -2.41. The number of benzene rings is 2. The molecule has 2 nitrogen and oxygen atoms in total. The van der Waals surface area contributed by atoms with Crippen LogP contribution in [0.2, 0.25) is 0 Å². The molecule has 2 fully saturated rings. The van der Waals surface area contributed by atoms with E-state index in [9.17, 15) is 8.78 Å². The number of rotatable bonds is 7. The Labute approximate surface area is 190 Å². The first-order chi connectivity index (χ1) is 15.6. The van der Waals surface area contributed by atoms with Crippen LogP contribution in [-0.4, -0.2) is 6.61 Å². The minimum Gasteiger partial charge on any atom is -0.491 e. The van der Waals surface area contributed by atoms with Gasteiger partial charge in [0.25, 0.3) is 0 Å². The van der Waals surface area contributed by atoms with Crippen LogP contribution < -0.4 is 9.47 Å². The lowest BCUT2D eigenvalue weighted by Crippen LogP contribution is -2.30. The first-order valence-electron chi connectivity index (χ1n) is 12.0. The molecule has 32 heavy (non-hydrogen) atoms. The summed E-state index contributed by atoms with van der Waals surface area (Å²) in [7, 11) is 0. The molecule has 2 aromatic carbocycles. The summed E-state index contributed by atoms with van der Waals surface area (Å²) in [6.07, 6.45) is 12.5. The van der Waals surface area contributed by atoms with E-state index in [2.05, 4.69) is 31.2 Å². The van der Waals surface area contributed by atoms with Crippen molar-refractivity contribution in [1.29, 1.82) is 0 Å². The Hall–Kier alpha value is -2.36. The molecule has 0 spiro atoms. The first kappa shape index (κ1) is 22.8. The summed E-state index contributed by atoms with van der Waals surface area (Å²) in [5.74, 6) is 0.958. The molecule has 4 unspecified atom stereocenters. The van der Waals surface area contributed by atoms with Crippen LogP contribution in [0.15, 0.2) is 48.6 Å². The molecule has 0 aromatic heterocycles. The largest absolute Gasteiger partial charge is 0.491 e. The highest BCUT2D eigenvalue weighted by Crippen LogP contribution is 2.47. The zero-order chi connectivity index (χ0) is 22.5. The monoisotopic (exact) mass is 440 g/mol. The van der Waals surface area contributed by atoms with Gasteiger partial charge >= 0.3 is 0 Å². The number of fused-ring (bicyclic) bond motifs is 1. The second-order valence-corrected chi connectivity index (χ2v) is 9.28. The molecule has 0 aliphatic heterocycles. The Morgan fingerprint density at radius 3 is 2.19 bits per heavy atom. The highest BCUT2D eigenvalue weighted by Gasteiger charge is 2.35. The van der Waals surface area contributed by atoms with E-state index < -0.39 is 11.6 Å². The van der Waals surface area contributed by atoms with Gasteiger partial charge in [-0.15, -0.1) is 0 Å². The molecular formula is C28H34F2O2. The molecule has 4 heteroatoms. The molecule has 2 aliphatic carbocycles. The smallest absolute Gasteiger partial charge is 0.204 e. The lowest BCUT2D eigenvalue weighted by molar-refractivity contribution is 0.133. The third kappa shape index (κ3) is 5.16. The van der Waals surface area contributed by atoms with Crippen LogP contribution in [0.4, 0.5) is 8.78 Å². The normalized spacial score (nSPS) is 25.5. The van der Waals surface area contributed by atoms with Crippen molar-refractivity contribution in [3.05, 3.63) is 71.3 Å². The zero-order valence-corrected chi connectivity index (χ0v) is 19.2. The average Bonchev–Trinajstić information content (AvgIpc) is 2.82. The number of allylic oxidation sites excluding steroid dienone is 2. The minimum absolute atomic E-state index is 0.0910. The van der Waals surface area contributed by atoms with Gasteiger partial charge in [-0.2, -0.15) is 8.78 Å². The predicted octanol–water partition coefficient (Wildman–Crippen LogP) is 7.82. The number of hydrogen-bond donors (Lipinski definition) is 0. The molecule has 2 saturated carbocycles. The van der Waals surface area contributed by atoms with Gasteiger partial charge in [-0.3, -0.25) is 0 Å². The van der Waals surface area contributed by atoms with Gasteiger partial charge < -0.3 is 9.47 Å². The number of hydrogen-bond acceptors (Lipinski definition) is 2. The maximum atomic E-state index is 14.2. The number of ether oxygens (including phenoxy) is 2. The van der Waals surface area contributed by atoms with E-state index in [0.717, 1.165) is 23.3 Å². The molecule has 2 aromatic rings. The van der Waals surface area contributed by atoms with Crippen molar-refractivity contribution in [2.75, 3.05) is 6.61 Å². The van der Waals surface area contributed by atoms with Gasteiger partial charge in [0.05, 0.1) is 6.61 Å². The third-order valence-electron chi connectivity index (χ3n) is 7.27. The lowest BCUT2D eigenvalue weighted by atomic mass is 9.64. The molecular weight excluding hydrogens is 406 g/mol. The van der Waals surface area contributed by atoms with E-state index in [1.807, 2.05) is 12.1 Å². The fraction of sp³-hybridized carbons (Fsp3) is 0.500. The summed E-state index contributed by atoms with van der Waals surface area (Å²) < 4.78 is 38.9. The molecule has 4 rings (SSSR count). The van der Waals surface area contributed by atoms with Crippen LogP contribution in [0.3, 0.4) is 0 Å². The molecule has 0 radical (unpaired) electrons. The molecule has 2 aliphatic rings. The van der Waals surface area contributed by atoms with Gasteiger partial charge in [-0.25, -0.2) is 0 Å². The summed E-state index contributed by atoms with van der Waals surface area (Å²) in [6, 6.07) is 11.3. The van der Waals surface area contributed by atoms with Crippen LogP contribution in [0.1, 0.15) is 69.4 Å². The Balaban J connectivity index is 1.33. The van der Waals surface area contributed by atoms with E-state index in [4.69, 9.17) is 9.47 Å². The quantitative estimate of drug-likeness (QED) is 0.409. The topological polar surface area (TPSA) is 18.5 Å². The van der Waals surface area contributed by atoms with Crippen molar-refractivity contribution < 1.29 is 18.3 Å². The fourth-order valence-corrected chi connectivity index (χ4v) is 5.61. The van der Waals surface area contributed by atoms with E-state index in [1.165, 1.54) is 56.2 Å². The van der Waals surface area contributed by atoms with Gasteiger partial charge in [-0.1, -0.05) is 36.4 Å². The van der Waals surface area contributed by atoms with Crippen LogP contribution >= 0.6 is 0 Å². The summed E-state index contributed by atoms with van der Waals surface area (Å²) in [5.41, 5.74) is 2.34.